The third kappa shape index (κ3) is 11.8. The van der Waals surface area contributed by atoms with E-state index in [0.29, 0.717) is 25.2 Å². The zero-order valence-electron chi connectivity index (χ0n) is 31.4. The number of aliphatic hydroxyl groups excluding tert-OH is 2. The molecule has 0 saturated heterocycles. The van der Waals surface area contributed by atoms with Crippen molar-refractivity contribution in [1.29, 1.82) is 0 Å². The van der Waals surface area contributed by atoms with Crippen molar-refractivity contribution in [3.63, 3.8) is 0 Å². The highest BCUT2D eigenvalue weighted by Gasteiger charge is 2.46. The van der Waals surface area contributed by atoms with Gasteiger partial charge in [-0.25, -0.2) is 0 Å². The molecule has 278 valence electrons. The van der Waals surface area contributed by atoms with Crippen LogP contribution in [0.15, 0.2) is 133 Å². The van der Waals surface area contributed by atoms with Crippen LogP contribution in [0, 0.1) is 6.92 Å². The molecule has 0 fully saturated rings. The van der Waals surface area contributed by atoms with Crippen molar-refractivity contribution < 1.29 is 33.6 Å². The molecule has 1 unspecified atom stereocenters. The molecule has 5 rings (SSSR count). The Kier molecular flexibility index (Phi) is 13.9. The first-order chi connectivity index (χ1) is 25.4. The Morgan fingerprint density at radius 1 is 0.698 bits per heavy atom. The van der Waals surface area contributed by atoms with Crippen molar-refractivity contribution in [2.24, 2.45) is 0 Å². The molecule has 4 atom stereocenters. The first-order valence-corrected chi connectivity index (χ1v) is 21.5. The summed E-state index contributed by atoms with van der Waals surface area (Å²) in [6, 6.07) is 42.7. The first kappa shape index (κ1) is 39.8. The fourth-order valence-corrected chi connectivity index (χ4v) is 7.86. The van der Waals surface area contributed by atoms with Gasteiger partial charge in [-0.05, 0) is 91.5 Å². The van der Waals surface area contributed by atoms with Gasteiger partial charge < -0.3 is 28.8 Å². The predicted molar refractivity (Wildman–Crippen MR) is 211 cm³/mol. The molecule has 0 aliphatic rings. The smallest absolute Gasteiger partial charge is 0.194 e. The van der Waals surface area contributed by atoms with Gasteiger partial charge in [-0.15, -0.1) is 0 Å². The number of ether oxygens (including phenoxy) is 3. The van der Waals surface area contributed by atoms with Crippen molar-refractivity contribution in [2.75, 3.05) is 6.61 Å². The minimum atomic E-state index is -2.29. The van der Waals surface area contributed by atoms with E-state index in [-0.39, 0.29) is 13.2 Å². The van der Waals surface area contributed by atoms with Gasteiger partial charge in [0.15, 0.2) is 14.1 Å². The highest BCUT2D eigenvalue weighted by atomic mass is 28.4. The summed E-state index contributed by atoms with van der Waals surface area (Å²) >= 11 is 0. The molecule has 0 spiro atoms. The number of hydrogen-bond donors (Lipinski definition) is 2. The van der Waals surface area contributed by atoms with Crippen LogP contribution < -0.4 is 4.74 Å². The number of aliphatic hydroxyl groups is 2. The molecule has 53 heavy (non-hydrogen) atoms. The monoisotopic (exact) mass is 732 g/mol. The maximum atomic E-state index is 14.4. The van der Waals surface area contributed by atoms with Gasteiger partial charge in [-0.2, -0.15) is 0 Å². The average molecular weight is 733 g/mol. The number of benzene rings is 5. The number of hydrogen-bond acceptors (Lipinski definition) is 7. The van der Waals surface area contributed by atoms with Crippen LogP contribution in [0.5, 0.6) is 5.75 Å². The quantitative estimate of drug-likeness (QED) is 0.0650. The lowest BCUT2D eigenvalue weighted by atomic mass is 9.88. The van der Waals surface area contributed by atoms with Crippen LogP contribution in [0.1, 0.15) is 50.7 Å². The summed E-state index contributed by atoms with van der Waals surface area (Å²) in [6.07, 6.45) is -3.93. The Hall–Kier alpha value is -4.41. The Morgan fingerprint density at radius 2 is 1.25 bits per heavy atom. The topological polar surface area (TPSA) is 94.5 Å². The van der Waals surface area contributed by atoms with E-state index in [2.05, 4.69) is 0 Å². The highest BCUT2D eigenvalue weighted by molar-refractivity contribution is 6.69. The second-order valence-electron chi connectivity index (χ2n) is 14.8. The average Bonchev–Trinajstić information content (AvgIpc) is 3.15. The Balaban J connectivity index is 1.35. The fraction of sp³-hybridized carbons (Fsp3) is 0.311. The number of carbonyl (C=O) groups is 1. The molecule has 7 nitrogen and oxygen atoms in total. The summed E-state index contributed by atoms with van der Waals surface area (Å²) in [5.41, 5.74) is 5.01. The van der Waals surface area contributed by atoms with Crippen LogP contribution in [0.4, 0.5) is 0 Å². The van der Waals surface area contributed by atoms with Gasteiger partial charge in [0.2, 0.25) is 0 Å². The molecule has 0 aromatic heterocycles. The third-order valence-electron chi connectivity index (χ3n) is 9.03. The van der Waals surface area contributed by atoms with Gasteiger partial charge in [0.1, 0.15) is 36.3 Å². The van der Waals surface area contributed by atoms with E-state index >= 15 is 0 Å². The fourth-order valence-electron chi connectivity index (χ4n) is 6.28. The third-order valence-corrected chi connectivity index (χ3v) is 10.1. The number of rotatable bonds is 19. The number of aryl methyl sites for hydroxylation is 1. The van der Waals surface area contributed by atoms with Crippen LogP contribution in [-0.4, -0.2) is 54.8 Å². The molecule has 0 saturated carbocycles. The van der Waals surface area contributed by atoms with Crippen molar-refractivity contribution in [2.45, 2.75) is 83.6 Å². The van der Waals surface area contributed by atoms with E-state index in [1.165, 1.54) is 0 Å². The molecular formula is C45H52O7Si. The molecule has 8 heteroatoms. The van der Waals surface area contributed by atoms with Crippen LogP contribution in [0.25, 0.3) is 0 Å². The van der Waals surface area contributed by atoms with Crippen molar-refractivity contribution in [1.82, 2.24) is 0 Å². The van der Waals surface area contributed by atoms with Crippen LogP contribution >= 0.6 is 0 Å². The largest absolute Gasteiger partial charge is 0.489 e. The van der Waals surface area contributed by atoms with Gasteiger partial charge >= 0.3 is 0 Å². The van der Waals surface area contributed by atoms with E-state index < -0.39 is 38.0 Å². The van der Waals surface area contributed by atoms with E-state index in [1.807, 2.05) is 154 Å². The zero-order chi connectivity index (χ0) is 37.8. The maximum Gasteiger partial charge on any atom is 0.194 e. The van der Waals surface area contributed by atoms with Crippen LogP contribution in [0.3, 0.4) is 0 Å². The number of ketones is 1. The van der Waals surface area contributed by atoms with E-state index in [0.717, 1.165) is 39.1 Å². The SMILES string of the molecule is Cc1ccc(C(=O)[C@H](OCc2ccccc2)[C@@H](O)[C@H](O)C(C)(COCc2ccccc2)O[Si](C)(C)C)cc1Cc1ccc(OCc2ccccc2)cc1. The molecule has 0 bridgehead atoms. The molecule has 2 N–H and O–H groups in total. The summed E-state index contributed by atoms with van der Waals surface area (Å²) in [5, 5.41) is 23.8. The minimum Gasteiger partial charge on any atom is -0.489 e. The molecule has 0 radical (unpaired) electrons. The lowest BCUT2D eigenvalue weighted by molar-refractivity contribution is -0.163. The normalized spacial score (nSPS) is 14.5. The van der Waals surface area contributed by atoms with E-state index in [9.17, 15) is 15.0 Å². The standard InChI is InChI=1S/C45H52O7Si/c1-33-21-24-38(28-39(33)27-34-22-25-40(26-23-34)50-30-36-17-11-7-12-18-36)41(46)43(51-31-37-19-13-8-14-20-37)42(47)44(48)45(2,52-53(3,4)5)32-49-29-35-15-9-6-10-16-35/h6-26,28,42-44,47-48H,27,29-32H2,1-5H3/t42-,43+,44+,45?/m1/s1. The van der Waals surface area contributed by atoms with Crippen molar-refractivity contribution in [3.8, 4) is 5.75 Å². The molecule has 0 aliphatic heterocycles. The molecule has 0 heterocycles. The van der Waals surface area contributed by atoms with Crippen molar-refractivity contribution in [3.05, 3.63) is 172 Å². The summed E-state index contributed by atoms with van der Waals surface area (Å²) in [4.78, 5) is 14.4. The Labute approximate surface area is 315 Å². The second-order valence-corrected chi connectivity index (χ2v) is 19.2. The second kappa shape index (κ2) is 18.6. The summed E-state index contributed by atoms with van der Waals surface area (Å²) in [7, 11) is -2.29. The molecule has 0 aliphatic carbocycles. The van der Waals surface area contributed by atoms with Gasteiger partial charge in [0.05, 0.1) is 19.8 Å². The lowest BCUT2D eigenvalue weighted by Gasteiger charge is -2.42. The molecular weight excluding hydrogens is 681 g/mol. The Bertz CT molecular complexity index is 1860. The first-order valence-electron chi connectivity index (χ1n) is 18.1. The van der Waals surface area contributed by atoms with Gasteiger partial charge in [-0.1, -0.05) is 115 Å². The molecule has 5 aromatic rings. The van der Waals surface area contributed by atoms with Gasteiger partial charge in [0, 0.05) is 5.56 Å². The van der Waals surface area contributed by atoms with Crippen LogP contribution in [0.2, 0.25) is 19.6 Å². The number of carbonyl (C=O) groups excluding carboxylic acids is 1. The van der Waals surface area contributed by atoms with E-state index in [1.54, 1.807) is 13.0 Å². The maximum absolute atomic E-state index is 14.4. The Morgan fingerprint density at radius 3 is 1.81 bits per heavy atom. The lowest BCUT2D eigenvalue weighted by Crippen LogP contribution is -2.59. The minimum absolute atomic E-state index is 0.00521. The summed E-state index contributed by atoms with van der Waals surface area (Å²) in [6.45, 7) is 10.6. The molecule has 0 amide bonds. The highest BCUT2D eigenvalue weighted by Crippen LogP contribution is 2.29. The van der Waals surface area contributed by atoms with Crippen molar-refractivity contribution >= 4 is 14.1 Å². The molecule has 5 aromatic carbocycles. The zero-order valence-corrected chi connectivity index (χ0v) is 32.4. The van der Waals surface area contributed by atoms with Crippen LogP contribution in [-0.2, 0) is 40.1 Å². The number of Topliss-reactive ketones (excluding diaryl/α,β-unsaturated/α-hetero) is 1. The summed E-state index contributed by atoms with van der Waals surface area (Å²) < 4.78 is 24.8. The summed E-state index contributed by atoms with van der Waals surface area (Å²) in [5.74, 6) is 0.346. The van der Waals surface area contributed by atoms with E-state index in [4.69, 9.17) is 18.6 Å². The predicted octanol–water partition coefficient (Wildman–Crippen LogP) is 8.48. The van der Waals surface area contributed by atoms with Gasteiger partial charge in [0.25, 0.3) is 0 Å². The van der Waals surface area contributed by atoms with Gasteiger partial charge in [-0.3, -0.25) is 4.79 Å².